The van der Waals surface area contributed by atoms with E-state index >= 15 is 0 Å². The maximum absolute atomic E-state index is 12.5. The zero-order valence-electron chi connectivity index (χ0n) is 14.5. The van der Waals surface area contributed by atoms with Gasteiger partial charge in [-0.1, -0.05) is 43.8 Å². The van der Waals surface area contributed by atoms with Crippen molar-refractivity contribution in [2.75, 3.05) is 12.3 Å². The maximum Gasteiger partial charge on any atom is 0.252 e. The van der Waals surface area contributed by atoms with Gasteiger partial charge in [0.2, 0.25) is 5.91 Å². The van der Waals surface area contributed by atoms with Crippen LogP contribution in [0, 0.1) is 5.92 Å². The highest BCUT2D eigenvalue weighted by Gasteiger charge is 2.25. The molecule has 2 amide bonds. The number of fused-ring (bicyclic) bond motifs is 1. The SMILES string of the molecule is CC(C)CNC(=O)CSc1cc(C(=O)NC2CC2)c2ccccc2n1. The van der Waals surface area contributed by atoms with Crippen LogP contribution in [0.1, 0.15) is 37.0 Å². The molecule has 1 aromatic heterocycles. The van der Waals surface area contributed by atoms with Gasteiger partial charge in [-0.2, -0.15) is 0 Å². The summed E-state index contributed by atoms with van der Waals surface area (Å²) < 4.78 is 0. The molecule has 1 saturated carbocycles. The highest BCUT2D eigenvalue weighted by Crippen LogP contribution is 2.26. The van der Waals surface area contributed by atoms with E-state index in [-0.39, 0.29) is 11.8 Å². The van der Waals surface area contributed by atoms with E-state index in [1.807, 2.05) is 24.3 Å². The van der Waals surface area contributed by atoms with E-state index in [2.05, 4.69) is 29.5 Å². The molecule has 1 fully saturated rings. The average molecular weight is 357 g/mol. The Kier molecular flexibility index (Phi) is 5.58. The lowest BCUT2D eigenvalue weighted by molar-refractivity contribution is -0.118. The number of amides is 2. The number of nitrogens with one attached hydrogen (secondary N) is 2. The Morgan fingerprint density at radius 3 is 2.76 bits per heavy atom. The molecule has 3 rings (SSSR count). The van der Waals surface area contributed by atoms with Crippen molar-refractivity contribution in [3.05, 3.63) is 35.9 Å². The first-order chi connectivity index (χ1) is 12.0. The summed E-state index contributed by atoms with van der Waals surface area (Å²) in [6.45, 7) is 4.78. The van der Waals surface area contributed by atoms with Crippen LogP contribution >= 0.6 is 11.8 Å². The Morgan fingerprint density at radius 2 is 2.04 bits per heavy atom. The van der Waals surface area contributed by atoms with Gasteiger partial charge in [0, 0.05) is 18.0 Å². The standard InChI is InChI=1S/C19H23N3O2S/c1-12(2)10-20-17(23)11-25-18-9-15(19(24)21-13-7-8-13)14-5-3-4-6-16(14)22-18/h3-6,9,12-13H,7-8,10-11H2,1-2H3,(H,20,23)(H,21,24). The van der Waals surface area contributed by atoms with Crippen molar-refractivity contribution in [2.45, 2.75) is 37.8 Å². The van der Waals surface area contributed by atoms with Gasteiger partial charge in [-0.05, 0) is 30.9 Å². The molecule has 2 N–H and O–H groups in total. The van der Waals surface area contributed by atoms with E-state index in [9.17, 15) is 9.59 Å². The predicted octanol–water partition coefficient (Wildman–Crippen LogP) is 2.99. The second-order valence-corrected chi connectivity index (χ2v) is 7.76. The Bertz CT molecular complexity index is 787. The number of carbonyl (C=O) groups is 2. The fraction of sp³-hybridized carbons (Fsp3) is 0.421. The number of hydrogen-bond donors (Lipinski definition) is 2. The highest BCUT2D eigenvalue weighted by atomic mass is 32.2. The monoisotopic (exact) mass is 357 g/mol. The van der Waals surface area contributed by atoms with E-state index in [1.165, 1.54) is 11.8 Å². The predicted molar refractivity (Wildman–Crippen MR) is 101 cm³/mol. The van der Waals surface area contributed by atoms with Crippen LogP contribution in [-0.4, -0.2) is 35.1 Å². The smallest absolute Gasteiger partial charge is 0.252 e. The van der Waals surface area contributed by atoms with E-state index in [0.717, 1.165) is 23.7 Å². The number of aromatic nitrogens is 1. The third-order valence-corrected chi connectivity index (χ3v) is 4.82. The minimum atomic E-state index is -0.0628. The quantitative estimate of drug-likeness (QED) is 0.747. The Balaban J connectivity index is 1.76. The van der Waals surface area contributed by atoms with Crippen molar-refractivity contribution in [1.29, 1.82) is 0 Å². The molecular weight excluding hydrogens is 334 g/mol. The van der Waals surface area contributed by atoms with Crippen LogP contribution < -0.4 is 10.6 Å². The van der Waals surface area contributed by atoms with Crippen LogP contribution in [0.15, 0.2) is 35.4 Å². The van der Waals surface area contributed by atoms with Crippen LogP contribution in [0.4, 0.5) is 0 Å². The maximum atomic E-state index is 12.5. The summed E-state index contributed by atoms with van der Waals surface area (Å²) in [4.78, 5) is 29.1. The summed E-state index contributed by atoms with van der Waals surface area (Å²) in [5.74, 6) is 0.636. The molecule has 0 unspecified atom stereocenters. The number of hydrogen-bond acceptors (Lipinski definition) is 4. The lowest BCUT2D eigenvalue weighted by atomic mass is 10.1. The van der Waals surface area contributed by atoms with Gasteiger partial charge >= 0.3 is 0 Å². The van der Waals surface area contributed by atoms with Gasteiger partial charge in [0.15, 0.2) is 0 Å². The topological polar surface area (TPSA) is 71.1 Å². The number of nitrogens with zero attached hydrogens (tertiary/aromatic N) is 1. The van der Waals surface area contributed by atoms with Crippen molar-refractivity contribution in [3.63, 3.8) is 0 Å². The van der Waals surface area contributed by atoms with Gasteiger partial charge in [0.05, 0.1) is 21.9 Å². The van der Waals surface area contributed by atoms with E-state index in [4.69, 9.17) is 0 Å². The number of pyridine rings is 1. The lowest BCUT2D eigenvalue weighted by Gasteiger charge is -2.10. The molecule has 1 heterocycles. The van der Waals surface area contributed by atoms with Crippen molar-refractivity contribution in [1.82, 2.24) is 15.6 Å². The summed E-state index contributed by atoms with van der Waals surface area (Å²) in [6.07, 6.45) is 2.10. The minimum Gasteiger partial charge on any atom is -0.355 e. The zero-order valence-corrected chi connectivity index (χ0v) is 15.4. The molecule has 2 aromatic rings. The van der Waals surface area contributed by atoms with Gasteiger partial charge in [0.1, 0.15) is 0 Å². The lowest BCUT2D eigenvalue weighted by Crippen LogP contribution is -2.28. The molecule has 0 bridgehead atoms. The first-order valence-corrected chi connectivity index (χ1v) is 9.61. The molecule has 1 aromatic carbocycles. The van der Waals surface area contributed by atoms with Crippen LogP contribution in [-0.2, 0) is 4.79 Å². The molecule has 5 nitrogen and oxygen atoms in total. The fourth-order valence-electron chi connectivity index (χ4n) is 2.41. The molecule has 132 valence electrons. The molecule has 0 atom stereocenters. The van der Waals surface area contributed by atoms with Crippen LogP contribution in [0.25, 0.3) is 10.9 Å². The number of para-hydroxylation sites is 1. The van der Waals surface area contributed by atoms with Gasteiger partial charge in [-0.25, -0.2) is 4.98 Å². The number of rotatable bonds is 7. The van der Waals surface area contributed by atoms with Crippen LogP contribution in [0.5, 0.6) is 0 Å². The summed E-state index contributed by atoms with van der Waals surface area (Å²) in [6, 6.07) is 9.71. The largest absolute Gasteiger partial charge is 0.355 e. The molecule has 0 aliphatic heterocycles. The summed E-state index contributed by atoms with van der Waals surface area (Å²) in [7, 11) is 0. The molecule has 25 heavy (non-hydrogen) atoms. The second kappa shape index (κ2) is 7.87. The number of carbonyl (C=O) groups excluding carboxylic acids is 2. The first-order valence-electron chi connectivity index (χ1n) is 8.63. The third kappa shape index (κ3) is 4.95. The Hall–Kier alpha value is -2.08. The summed E-state index contributed by atoms with van der Waals surface area (Å²) in [5.41, 5.74) is 1.40. The van der Waals surface area contributed by atoms with Crippen molar-refractivity contribution < 1.29 is 9.59 Å². The Labute approximate surface area is 152 Å². The normalized spacial score (nSPS) is 13.9. The molecule has 1 aliphatic carbocycles. The average Bonchev–Trinajstić information content (AvgIpc) is 3.41. The summed E-state index contributed by atoms with van der Waals surface area (Å²) >= 11 is 1.36. The van der Waals surface area contributed by atoms with Gasteiger partial charge < -0.3 is 10.6 Å². The van der Waals surface area contributed by atoms with Gasteiger partial charge in [-0.15, -0.1) is 0 Å². The zero-order chi connectivity index (χ0) is 17.8. The molecular formula is C19H23N3O2S. The number of benzene rings is 1. The molecule has 0 radical (unpaired) electrons. The highest BCUT2D eigenvalue weighted by molar-refractivity contribution is 7.99. The fourth-order valence-corrected chi connectivity index (χ4v) is 3.16. The molecule has 1 aliphatic rings. The van der Waals surface area contributed by atoms with Gasteiger partial charge in [0.25, 0.3) is 5.91 Å². The van der Waals surface area contributed by atoms with E-state index < -0.39 is 0 Å². The minimum absolute atomic E-state index is 0.0161. The summed E-state index contributed by atoms with van der Waals surface area (Å²) in [5, 5.41) is 7.46. The van der Waals surface area contributed by atoms with E-state index in [1.54, 1.807) is 6.07 Å². The van der Waals surface area contributed by atoms with Crippen molar-refractivity contribution in [3.8, 4) is 0 Å². The third-order valence-electron chi connectivity index (χ3n) is 3.91. The first kappa shape index (κ1) is 17.7. The van der Waals surface area contributed by atoms with E-state index in [0.29, 0.717) is 34.8 Å². The molecule has 0 saturated heterocycles. The molecule has 0 spiro atoms. The van der Waals surface area contributed by atoms with Crippen LogP contribution in [0.2, 0.25) is 0 Å². The van der Waals surface area contributed by atoms with Crippen molar-refractivity contribution in [2.24, 2.45) is 5.92 Å². The Morgan fingerprint density at radius 1 is 1.28 bits per heavy atom. The van der Waals surface area contributed by atoms with Crippen LogP contribution in [0.3, 0.4) is 0 Å². The number of thioether (sulfide) groups is 1. The van der Waals surface area contributed by atoms with Crippen molar-refractivity contribution >= 4 is 34.5 Å². The second-order valence-electron chi connectivity index (χ2n) is 6.76. The molecule has 6 heteroatoms. The van der Waals surface area contributed by atoms with Gasteiger partial charge in [-0.3, -0.25) is 9.59 Å².